The minimum atomic E-state index is -2.84. The molecule has 0 bridgehead atoms. The lowest BCUT2D eigenvalue weighted by atomic mass is 10.2. The Balaban J connectivity index is 1.99. The predicted molar refractivity (Wildman–Crippen MR) is 81.5 cm³/mol. The summed E-state index contributed by atoms with van der Waals surface area (Å²) in [7, 11) is -2.84. The van der Waals surface area contributed by atoms with Gasteiger partial charge >= 0.3 is 0 Å². The largest absolute Gasteiger partial charge is 0.370 e. The summed E-state index contributed by atoms with van der Waals surface area (Å²) in [6.45, 7) is 6.40. The number of sulfone groups is 1. The summed E-state index contributed by atoms with van der Waals surface area (Å²) in [5.74, 6) is 1.42. The molecular weight excluding hydrogens is 274 g/mol. The lowest BCUT2D eigenvalue weighted by Gasteiger charge is -2.33. The highest BCUT2D eigenvalue weighted by Crippen LogP contribution is 2.16. The molecule has 0 radical (unpaired) electrons. The molecule has 1 aliphatic heterocycles. The summed E-state index contributed by atoms with van der Waals surface area (Å²) >= 11 is 0. The van der Waals surface area contributed by atoms with Crippen molar-refractivity contribution in [2.45, 2.75) is 32.9 Å². The molecular formula is C14H23N3O2S. The fraction of sp³-hybridized carbons (Fsp3) is 0.643. The van der Waals surface area contributed by atoms with Crippen LogP contribution in [0.5, 0.6) is 0 Å². The van der Waals surface area contributed by atoms with Crippen LogP contribution in [0.2, 0.25) is 0 Å². The van der Waals surface area contributed by atoms with Crippen LogP contribution in [-0.2, 0) is 16.4 Å². The van der Waals surface area contributed by atoms with E-state index in [2.05, 4.69) is 22.1 Å². The van der Waals surface area contributed by atoms with Gasteiger partial charge in [0.1, 0.15) is 5.82 Å². The molecule has 0 spiro atoms. The zero-order chi connectivity index (χ0) is 14.6. The Kier molecular flexibility index (Phi) is 4.99. The van der Waals surface area contributed by atoms with Crippen molar-refractivity contribution in [3.63, 3.8) is 0 Å². The van der Waals surface area contributed by atoms with Gasteiger partial charge in [-0.25, -0.2) is 13.4 Å². The third kappa shape index (κ3) is 4.18. The highest BCUT2D eigenvalue weighted by Gasteiger charge is 2.27. The van der Waals surface area contributed by atoms with Gasteiger partial charge in [0.15, 0.2) is 9.84 Å². The van der Waals surface area contributed by atoms with Crippen LogP contribution < -0.4 is 5.32 Å². The summed E-state index contributed by atoms with van der Waals surface area (Å²) in [6.07, 6.45) is 2.87. The van der Waals surface area contributed by atoms with Gasteiger partial charge in [-0.2, -0.15) is 0 Å². The molecule has 112 valence electrons. The Labute approximate surface area is 121 Å². The van der Waals surface area contributed by atoms with E-state index in [1.807, 2.05) is 19.1 Å². The van der Waals surface area contributed by atoms with E-state index < -0.39 is 9.84 Å². The number of pyridine rings is 1. The van der Waals surface area contributed by atoms with Crippen LogP contribution in [0.4, 0.5) is 5.82 Å². The topological polar surface area (TPSA) is 62.3 Å². The van der Waals surface area contributed by atoms with Crippen LogP contribution >= 0.6 is 0 Å². The molecule has 2 rings (SSSR count). The van der Waals surface area contributed by atoms with Crippen LogP contribution in [-0.4, -0.2) is 48.9 Å². The van der Waals surface area contributed by atoms with Crippen LogP contribution in [0, 0.1) is 0 Å². The number of rotatable bonds is 5. The number of nitrogens with zero attached hydrogens (tertiary/aromatic N) is 2. The van der Waals surface area contributed by atoms with Crippen LogP contribution in [0.15, 0.2) is 18.3 Å². The zero-order valence-electron chi connectivity index (χ0n) is 12.2. The van der Waals surface area contributed by atoms with Crippen molar-refractivity contribution in [1.82, 2.24) is 9.88 Å². The Hall–Kier alpha value is -1.14. The van der Waals surface area contributed by atoms with E-state index in [9.17, 15) is 8.42 Å². The monoisotopic (exact) mass is 297 g/mol. The molecule has 1 N–H and O–H groups in total. The molecule has 1 saturated heterocycles. The van der Waals surface area contributed by atoms with Gasteiger partial charge < -0.3 is 5.32 Å². The van der Waals surface area contributed by atoms with Gasteiger partial charge in [0.25, 0.3) is 0 Å². The Morgan fingerprint density at radius 1 is 1.50 bits per heavy atom. The molecule has 5 nitrogen and oxygen atoms in total. The van der Waals surface area contributed by atoms with Crippen molar-refractivity contribution >= 4 is 15.7 Å². The summed E-state index contributed by atoms with van der Waals surface area (Å²) in [4.78, 5) is 6.51. The number of anilines is 1. The summed E-state index contributed by atoms with van der Waals surface area (Å²) < 4.78 is 23.2. The molecule has 0 amide bonds. The van der Waals surface area contributed by atoms with Gasteiger partial charge in [-0.1, -0.05) is 6.92 Å². The standard InChI is InChI=1S/C14H23N3O2S/c1-3-5-15-14-9-13(4-6-16-14)10-17-7-8-20(18,19)11-12(17)2/h4,6,9,12H,3,5,7-8,10-11H2,1-2H3,(H,15,16). The molecule has 1 aliphatic rings. The van der Waals surface area contributed by atoms with Crippen LogP contribution in [0.3, 0.4) is 0 Å². The number of nitrogens with one attached hydrogen (secondary N) is 1. The van der Waals surface area contributed by atoms with Gasteiger partial charge in [-0.05, 0) is 31.0 Å². The molecule has 1 fully saturated rings. The first-order valence-corrected chi connectivity index (χ1v) is 8.95. The van der Waals surface area contributed by atoms with E-state index >= 15 is 0 Å². The molecule has 0 aromatic carbocycles. The van der Waals surface area contributed by atoms with Crippen molar-refractivity contribution < 1.29 is 8.42 Å². The lowest BCUT2D eigenvalue weighted by Crippen LogP contribution is -2.46. The minimum absolute atomic E-state index is 0.0777. The highest BCUT2D eigenvalue weighted by molar-refractivity contribution is 7.91. The molecule has 1 atom stereocenters. The second-order valence-electron chi connectivity index (χ2n) is 5.41. The summed E-state index contributed by atoms with van der Waals surface area (Å²) in [5.41, 5.74) is 1.17. The summed E-state index contributed by atoms with van der Waals surface area (Å²) in [6, 6.07) is 4.12. The average Bonchev–Trinajstić information content (AvgIpc) is 2.40. The first-order valence-electron chi connectivity index (χ1n) is 7.13. The number of hydrogen-bond donors (Lipinski definition) is 1. The SMILES string of the molecule is CCCNc1cc(CN2CCS(=O)(=O)CC2C)ccn1. The van der Waals surface area contributed by atoms with Gasteiger partial charge in [-0.3, -0.25) is 4.90 Å². The van der Waals surface area contributed by atoms with E-state index in [0.29, 0.717) is 6.54 Å². The second kappa shape index (κ2) is 6.54. The molecule has 1 unspecified atom stereocenters. The Morgan fingerprint density at radius 2 is 2.30 bits per heavy atom. The van der Waals surface area contributed by atoms with Gasteiger partial charge in [0, 0.05) is 31.9 Å². The molecule has 6 heteroatoms. The molecule has 0 aliphatic carbocycles. The summed E-state index contributed by atoms with van der Waals surface area (Å²) in [5, 5.41) is 3.27. The van der Waals surface area contributed by atoms with Crippen molar-refractivity contribution in [2.75, 3.05) is 29.9 Å². The highest BCUT2D eigenvalue weighted by atomic mass is 32.2. The average molecular weight is 297 g/mol. The molecule has 20 heavy (non-hydrogen) atoms. The van der Waals surface area contributed by atoms with Gasteiger partial charge in [-0.15, -0.1) is 0 Å². The van der Waals surface area contributed by atoms with Gasteiger partial charge in [0.2, 0.25) is 0 Å². The van der Waals surface area contributed by atoms with Crippen LogP contribution in [0.1, 0.15) is 25.8 Å². The molecule has 0 saturated carbocycles. The smallest absolute Gasteiger partial charge is 0.153 e. The maximum atomic E-state index is 11.6. The Bertz CT molecular complexity index is 545. The maximum absolute atomic E-state index is 11.6. The second-order valence-corrected chi connectivity index (χ2v) is 7.64. The maximum Gasteiger partial charge on any atom is 0.153 e. The fourth-order valence-electron chi connectivity index (χ4n) is 2.42. The number of aromatic nitrogens is 1. The van der Waals surface area contributed by atoms with E-state index in [4.69, 9.17) is 0 Å². The van der Waals surface area contributed by atoms with Crippen molar-refractivity contribution in [3.8, 4) is 0 Å². The fourth-order valence-corrected chi connectivity index (χ4v) is 4.05. The Morgan fingerprint density at radius 3 is 3.00 bits per heavy atom. The minimum Gasteiger partial charge on any atom is -0.370 e. The zero-order valence-corrected chi connectivity index (χ0v) is 13.0. The normalized spacial score (nSPS) is 22.6. The predicted octanol–water partition coefficient (Wildman–Crippen LogP) is 1.52. The van der Waals surface area contributed by atoms with Crippen molar-refractivity contribution in [2.24, 2.45) is 0 Å². The van der Waals surface area contributed by atoms with E-state index in [1.165, 1.54) is 5.56 Å². The van der Waals surface area contributed by atoms with Crippen molar-refractivity contribution in [1.29, 1.82) is 0 Å². The molecule has 1 aromatic rings. The van der Waals surface area contributed by atoms with Gasteiger partial charge in [0.05, 0.1) is 11.5 Å². The first kappa shape index (κ1) is 15.3. The third-order valence-electron chi connectivity index (χ3n) is 3.57. The molecule has 2 heterocycles. The van der Waals surface area contributed by atoms with E-state index in [1.54, 1.807) is 6.20 Å². The van der Waals surface area contributed by atoms with Crippen LogP contribution in [0.25, 0.3) is 0 Å². The molecule has 1 aromatic heterocycles. The first-order chi connectivity index (χ1) is 9.50. The van der Waals surface area contributed by atoms with E-state index in [-0.39, 0.29) is 17.5 Å². The third-order valence-corrected chi connectivity index (χ3v) is 5.37. The van der Waals surface area contributed by atoms with E-state index in [0.717, 1.165) is 25.3 Å². The van der Waals surface area contributed by atoms with Crippen molar-refractivity contribution in [3.05, 3.63) is 23.9 Å². The quantitative estimate of drug-likeness (QED) is 0.893. The lowest BCUT2D eigenvalue weighted by molar-refractivity contribution is 0.218. The number of hydrogen-bond acceptors (Lipinski definition) is 5.